The monoisotopic (exact) mass is 507 g/mol. The Kier molecular flexibility index (Phi) is 6.58. The number of furan rings is 1. The maximum Gasteiger partial charge on any atom is 0.415 e. The van der Waals surface area contributed by atoms with Crippen molar-refractivity contribution in [1.82, 2.24) is 15.1 Å². The van der Waals surface area contributed by atoms with E-state index in [4.69, 9.17) is 27.8 Å². The number of ether oxygens (including phenoxy) is 4. The largest absolute Gasteiger partial charge is 0.490 e. The van der Waals surface area contributed by atoms with Gasteiger partial charge in [0, 0.05) is 12.6 Å². The summed E-state index contributed by atoms with van der Waals surface area (Å²) in [5, 5.41) is 19.3. The maximum absolute atomic E-state index is 10.7. The van der Waals surface area contributed by atoms with Crippen LogP contribution in [0, 0.1) is 0 Å². The van der Waals surface area contributed by atoms with E-state index in [0.29, 0.717) is 43.0 Å². The molecular formula is C27H29N3O7. The van der Waals surface area contributed by atoms with E-state index >= 15 is 0 Å². The van der Waals surface area contributed by atoms with Gasteiger partial charge in [0.2, 0.25) is 6.79 Å². The molecule has 6 rings (SSSR count). The predicted octanol–water partition coefficient (Wildman–Crippen LogP) is 4.23. The summed E-state index contributed by atoms with van der Waals surface area (Å²) in [5.74, 6) is 3.41. The molecule has 1 N–H and O–H groups in total. The number of likely N-dealkylation sites (tertiary alicyclic amines) is 1. The molecule has 37 heavy (non-hydrogen) atoms. The van der Waals surface area contributed by atoms with Gasteiger partial charge in [-0.05, 0) is 68.6 Å². The van der Waals surface area contributed by atoms with E-state index in [0.717, 1.165) is 42.8 Å². The van der Waals surface area contributed by atoms with Gasteiger partial charge < -0.3 is 37.8 Å². The fraction of sp³-hybridized carbons (Fsp3) is 0.407. The first-order chi connectivity index (χ1) is 18.2. The Balaban J connectivity index is 1.03. The Morgan fingerprint density at radius 2 is 1.89 bits per heavy atom. The topological polar surface area (TPSA) is 112 Å². The van der Waals surface area contributed by atoms with Crippen LogP contribution in [-0.4, -0.2) is 65.9 Å². The lowest BCUT2D eigenvalue weighted by Crippen LogP contribution is -2.40. The lowest BCUT2D eigenvalue weighted by atomic mass is 9.89. The van der Waals surface area contributed by atoms with Crippen LogP contribution < -0.4 is 18.9 Å². The normalized spacial score (nSPS) is 16.8. The molecule has 2 aliphatic heterocycles. The van der Waals surface area contributed by atoms with E-state index in [2.05, 4.69) is 27.2 Å². The SMILES string of the molecule is CCOc1nnc(-c2cc3c(OC[C@@H](O)CN4CCC(c5ccc6c(c5)OCO6)CC4)cccc3o2)o1. The van der Waals surface area contributed by atoms with Crippen molar-refractivity contribution < 1.29 is 32.9 Å². The molecule has 2 aliphatic rings. The first-order valence-corrected chi connectivity index (χ1v) is 12.6. The number of nitrogens with zero attached hydrogens (tertiary/aromatic N) is 3. The summed E-state index contributed by atoms with van der Waals surface area (Å²) in [4.78, 5) is 2.29. The lowest BCUT2D eigenvalue weighted by molar-refractivity contribution is 0.0599. The molecule has 2 aromatic carbocycles. The quantitative estimate of drug-likeness (QED) is 0.353. The standard InChI is InChI=1S/C27H29N3O7/c1-2-32-27-29-28-26(37-27)25-13-20-21(4-3-5-22(20)36-25)33-15-19(31)14-30-10-8-17(9-11-30)18-6-7-23-24(12-18)35-16-34-23/h3-7,12-13,17,19,31H,2,8-11,14-16H2,1H3/t19-/m0/s1. The first kappa shape index (κ1) is 23.6. The molecule has 0 bridgehead atoms. The van der Waals surface area contributed by atoms with Gasteiger partial charge in [-0.1, -0.05) is 17.2 Å². The van der Waals surface area contributed by atoms with Crippen molar-refractivity contribution in [1.29, 1.82) is 0 Å². The van der Waals surface area contributed by atoms with Crippen molar-refractivity contribution >= 4 is 11.0 Å². The number of aliphatic hydroxyl groups is 1. The third-order valence-electron chi connectivity index (χ3n) is 6.76. The second kappa shape index (κ2) is 10.3. The van der Waals surface area contributed by atoms with E-state index in [1.165, 1.54) is 5.56 Å². The number of aliphatic hydroxyl groups excluding tert-OH is 1. The van der Waals surface area contributed by atoms with Crippen molar-refractivity contribution in [3.05, 3.63) is 48.0 Å². The second-order valence-corrected chi connectivity index (χ2v) is 9.24. The Hall–Kier alpha value is -3.76. The van der Waals surface area contributed by atoms with E-state index in [-0.39, 0.29) is 18.6 Å². The summed E-state index contributed by atoms with van der Waals surface area (Å²) in [5.41, 5.74) is 1.92. The molecule has 10 nitrogen and oxygen atoms in total. The summed E-state index contributed by atoms with van der Waals surface area (Å²) in [7, 11) is 0. The van der Waals surface area contributed by atoms with E-state index in [1.54, 1.807) is 6.07 Å². The number of β-amino-alcohol motifs (C(OH)–C–C–N with tert-alkyl or cyclic N) is 1. The van der Waals surface area contributed by atoms with Crippen LogP contribution in [0.3, 0.4) is 0 Å². The van der Waals surface area contributed by atoms with Crippen molar-refractivity contribution in [3.8, 4) is 35.0 Å². The Morgan fingerprint density at radius 1 is 1.03 bits per heavy atom. The molecule has 4 heterocycles. The van der Waals surface area contributed by atoms with Gasteiger partial charge in [0.05, 0.1) is 12.0 Å². The zero-order valence-corrected chi connectivity index (χ0v) is 20.6. The third-order valence-corrected chi connectivity index (χ3v) is 6.76. The van der Waals surface area contributed by atoms with Gasteiger partial charge in [0.15, 0.2) is 17.3 Å². The molecule has 0 unspecified atom stereocenters. The van der Waals surface area contributed by atoms with Crippen LogP contribution in [0.25, 0.3) is 22.6 Å². The fourth-order valence-corrected chi connectivity index (χ4v) is 4.91. The van der Waals surface area contributed by atoms with Crippen LogP contribution in [0.1, 0.15) is 31.2 Å². The summed E-state index contributed by atoms with van der Waals surface area (Å²) < 4.78 is 33.5. The Morgan fingerprint density at radius 3 is 2.76 bits per heavy atom. The summed E-state index contributed by atoms with van der Waals surface area (Å²) in [6.45, 7) is 5.14. The Labute approximate surface area is 213 Å². The molecule has 4 aromatic rings. The van der Waals surface area contributed by atoms with Crippen molar-refractivity contribution in [2.24, 2.45) is 0 Å². The number of piperidine rings is 1. The van der Waals surface area contributed by atoms with Crippen LogP contribution in [0.2, 0.25) is 0 Å². The molecule has 10 heteroatoms. The molecule has 1 saturated heterocycles. The molecule has 0 spiro atoms. The van der Waals surface area contributed by atoms with Gasteiger partial charge >= 0.3 is 6.08 Å². The maximum atomic E-state index is 10.7. The van der Waals surface area contributed by atoms with E-state index < -0.39 is 6.10 Å². The smallest absolute Gasteiger partial charge is 0.415 e. The van der Waals surface area contributed by atoms with E-state index in [9.17, 15) is 5.11 Å². The summed E-state index contributed by atoms with van der Waals surface area (Å²) in [6.07, 6.45) is 1.54. The number of hydrogen-bond donors (Lipinski definition) is 1. The van der Waals surface area contributed by atoms with Crippen LogP contribution >= 0.6 is 0 Å². The van der Waals surface area contributed by atoms with Crippen molar-refractivity contribution in [3.63, 3.8) is 0 Å². The highest BCUT2D eigenvalue weighted by molar-refractivity contribution is 5.87. The number of rotatable bonds is 9. The highest BCUT2D eigenvalue weighted by Gasteiger charge is 2.24. The van der Waals surface area contributed by atoms with Crippen molar-refractivity contribution in [2.45, 2.75) is 31.8 Å². The first-order valence-electron chi connectivity index (χ1n) is 12.6. The number of fused-ring (bicyclic) bond motifs is 2. The van der Waals surface area contributed by atoms with Crippen LogP contribution in [0.5, 0.6) is 23.3 Å². The lowest BCUT2D eigenvalue weighted by Gasteiger charge is -2.33. The minimum absolute atomic E-state index is 0.0949. The molecule has 0 radical (unpaired) electrons. The number of benzene rings is 2. The zero-order chi connectivity index (χ0) is 25.2. The van der Waals surface area contributed by atoms with Gasteiger partial charge in [-0.25, -0.2) is 0 Å². The molecule has 1 fully saturated rings. The molecule has 0 amide bonds. The second-order valence-electron chi connectivity index (χ2n) is 9.24. The molecule has 0 saturated carbocycles. The van der Waals surface area contributed by atoms with Gasteiger partial charge in [0.1, 0.15) is 24.0 Å². The van der Waals surface area contributed by atoms with Crippen LogP contribution in [0.15, 0.2) is 51.3 Å². The molecule has 2 aromatic heterocycles. The highest BCUT2D eigenvalue weighted by atomic mass is 16.7. The zero-order valence-electron chi connectivity index (χ0n) is 20.6. The molecular weight excluding hydrogens is 478 g/mol. The van der Waals surface area contributed by atoms with Crippen molar-refractivity contribution in [2.75, 3.05) is 39.6 Å². The van der Waals surface area contributed by atoms with Gasteiger partial charge in [0.25, 0.3) is 5.89 Å². The predicted molar refractivity (Wildman–Crippen MR) is 133 cm³/mol. The average Bonchev–Trinajstić information content (AvgIpc) is 3.67. The highest BCUT2D eigenvalue weighted by Crippen LogP contribution is 2.37. The number of hydrogen-bond acceptors (Lipinski definition) is 10. The fourth-order valence-electron chi connectivity index (χ4n) is 4.91. The molecule has 1 atom stereocenters. The molecule has 194 valence electrons. The van der Waals surface area contributed by atoms with Gasteiger partial charge in [-0.3, -0.25) is 0 Å². The third kappa shape index (κ3) is 5.07. The minimum atomic E-state index is -0.617. The van der Waals surface area contributed by atoms with E-state index in [1.807, 2.05) is 31.2 Å². The molecule has 0 aliphatic carbocycles. The average molecular weight is 508 g/mol. The Bertz CT molecular complexity index is 1360. The van der Waals surface area contributed by atoms with Crippen LogP contribution in [0.4, 0.5) is 0 Å². The van der Waals surface area contributed by atoms with Gasteiger partial charge in [-0.15, -0.1) is 5.10 Å². The van der Waals surface area contributed by atoms with Crippen LogP contribution in [-0.2, 0) is 0 Å². The van der Waals surface area contributed by atoms with Gasteiger partial charge in [-0.2, -0.15) is 0 Å². The number of aromatic nitrogens is 2. The summed E-state index contributed by atoms with van der Waals surface area (Å²) in [6, 6.07) is 13.6. The summed E-state index contributed by atoms with van der Waals surface area (Å²) >= 11 is 0. The minimum Gasteiger partial charge on any atom is -0.490 e.